The Morgan fingerprint density at radius 3 is 2.27 bits per heavy atom. The number of rotatable bonds is 9. The quantitative estimate of drug-likeness (QED) is 0.253. The Labute approximate surface area is 216 Å². The van der Waals surface area contributed by atoms with Crippen molar-refractivity contribution in [1.29, 1.82) is 0 Å². The summed E-state index contributed by atoms with van der Waals surface area (Å²) in [7, 11) is 3.10. The first kappa shape index (κ1) is 26.0. The molecule has 192 valence electrons. The minimum atomic E-state index is -0.760. The highest BCUT2D eigenvalue weighted by Gasteiger charge is 2.45. The highest BCUT2D eigenvalue weighted by molar-refractivity contribution is 6.46. The van der Waals surface area contributed by atoms with E-state index in [1.165, 1.54) is 17.6 Å². The SMILES string of the molecule is COCCN1C(=O)C(=O)/C(=C(\O)c2ccc(OC)c(C)c2)C1c1ccc(OCc2ccc(C)cc2)cc1. The Bertz CT molecular complexity index is 1310. The molecule has 37 heavy (non-hydrogen) atoms. The summed E-state index contributed by atoms with van der Waals surface area (Å²) in [6, 6.07) is 19.7. The van der Waals surface area contributed by atoms with Crippen molar-refractivity contribution in [2.45, 2.75) is 26.5 Å². The largest absolute Gasteiger partial charge is 0.507 e. The Hall–Kier alpha value is -4.10. The second-order valence-corrected chi connectivity index (χ2v) is 9.01. The van der Waals surface area contributed by atoms with Crippen LogP contribution < -0.4 is 9.47 Å². The molecule has 7 nitrogen and oxygen atoms in total. The van der Waals surface area contributed by atoms with Crippen LogP contribution in [0.4, 0.5) is 0 Å². The number of ketones is 1. The number of likely N-dealkylation sites (tertiary alicyclic amines) is 1. The molecular formula is C30H31NO6. The van der Waals surface area contributed by atoms with Gasteiger partial charge in [0.2, 0.25) is 0 Å². The number of hydrogen-bond acceptors (Lipinski definition) is 6. The van der Waals surface area contributed by atoms with Gasteiger partial charge in [-0.1, -0.05) is 42.0 Å². The first-order valence-corrected chi connectivity index (χ1v) is 12.0. The molecule has 1 N–H and O–H groups in total. The third-order valence-corrected chi connectivity index (χ3v) is 6.47. The number of aryl methyl sites for hydroxylation is 2. The van der Waals surface area contributed by atoms with Gasteiger partial charge in [0.25, 0.3) is 11.7 Å². The molecule has 4 rings (SSSR count). The lowest BCUT2D eigenvalue weighted by Gasteiger charge is -2.25. The number of amides is 1. The van der Waals surface area contributed by atoms with E-state index >= 15 is 0 Å². The maximum Gasteiger partial charge on any atom is 0.295 e. The molecule has 0 radical (unpaired) electrons. The van der Waals surface area contributed by atoms with Crippen molar-refractivity contribution in [3.05, 3.63) is 100 Å². The molecule has 0 saturated carbocycles. The van der Waals surface area contributed by atoms with E-state index in [2.05, 4.69) is 0 Å². The summed E-state index contributed by atoms with van der Waals surface area (Å²) in [4.78, 5) is 27.6. The van der Waals surface area contributed by atoms with Crippen molar-refractivity contribution in [1.82, 2.24) is 4.90 Å². The van der Waals surface area contributed by atoms with E-state index in [9.17, 15) is 14.7 Å². The Kier molecular flexibility index (Phi) is 7.94. The summed E-state index contributed by atoms with van der Waals surface area (Å²) < 4.78 is 16.4. The van der Waals surface area contributed by atoms with Crippen LogP contribution in [0, 0.1) is 13.8 Å². The molecular weight excluding hydrogens is 470 g/mol. The normalized spacial score (nSPS) is 16.8. The predicted octanol–water partition coefficient (Wildman–Crippen LogP) is 4.96. The molecule has 0 aliphatic carbocycles. The van der Waals surface area contributed by atoms with Gasteiger partial charge in [0.05, 0.1) is 25.3 Å². The maximum atomic E-state index is 13.1. The third-order valence-electron chi connectivity index (χ3n) is 6.47. The number of hydrogen-bond donors (Lipinski definition) is 1. The fourth-order valence-corrected chi connectivity index (χ4v) is 4.43. The van der Waals surface area contributed by atoms with Crippen LogP contribution in [0.1, 0.15) is 33.9 Å². The number of aliphatic hydroxyl groups is 1. The molecule has 1 saturated heterocycles. The average Bonchev–Trinajstić information content (AvgIpc) is 3.16. The first-order chi connectivity index (χ1) is 17.8. The van der Waals surface area contributed by atoms with E-state index < -0.39 is 17.7 Å². The molecule has 3 aromatic rings. The van der Waals surface area contributed by atoms with Gasteiger partial charge < -0.3 is 24.2 Å². The highest BCUT2D eigenvalue weighted by Crippen LogP contribution is 2.40. The van der Waals surface area contributed by atoms with Crippen molar-refractivity contribution in [3.63, 3.8) is 0 Å². The van der Waals surface area contributed by atoms with Crippen LogP contribution in [0.3, 0.4) is 0 Å². The number of nitrogens with zero attached hydrogens (tertiary/aromatic N) is 1. The first-order valence-electron chi connectivity index (χ1n) is 12.0. The summed E-state index contributed by atoms with van der Waals surface area (Å²) in [5.41, 5.74) is 4.20. The molecule has 1 unspecified atom stereocenters. The van der Waals surface area contributed by atoms with Crippen molar-refractivity contribution >= 4 is 17.4 Å². The van der Waals surface area contributed by atoms with Gasteiger partial charge in [0.1, 0.15) is 23.9 Å². The second-order valence-electron chi connectivity index (χ2n) is 9.01. The summed E-state index contributed by atoms with van der Waals surface area (Å²) >= 11 is 0. The molecule has 0 bridgehead atoms. The summed E-state index contributed by atoms with van der Waals surface area (Å²) in [6.07, 6.45) is 0. The van der Waals surface area contributed by atoms with Gasteiger partial charge in [0, 0.05) is 19.2 Å². The zero-order valence-electron chi connectivity index (χ0n) is 21.5. The van der Waals surface area contributed by atoms with E-state index in [0.717, 1.165) is 11.1 Å². The molecule has 1 aliphatic rings. The van der Waals surface area contributed by atoms with Gasteiger partial charge in [-0.3, -0.25) is 9.59 Å². The number of carbonyl (C=O) groups is 2. The van der Waals surface area contributed by atoms with Crippen LogP contribution in [0.2, 0.25) is 0 Å². The fourth-order valence-electron chi connectivity index (χ4n) is 4.43. The minimum Gasteiger partial charge on any atom is -0.507 e. The van der Waals surface area contributed by atoms with Gasteiger partial charge in [0.15, 0.2) is 0 Å². The second kappa shape index (κ2) is 11.3. The Morgan fingerprint density at radius 2 is 1.65 bits per heavy atom. The monoisotopic (exact) mass is 501 g/mol. The molecule has 1 fully saturated rings. The molecule has 0 aromatic heterocycles. The third kappa shape index (κ3) is 5.52. The molecule has 1 atom stereocenters. The van der Waals surface area contributed by atoms with Gasteiger partial charge >= 0.3 is 0 Å². The highest BCUT2D eigenvalue weighted by atomic mass is 16.5. The summed E-state index contributed by atoms with van der Waals surface area (Å²) in [5.74, 6) is -0.312. The van der Waals surface area contributed by atoms with Crippen LogP contribution >= 0.6 is 0 Å². The maximum absolute atomic E-state index is 13.1. The van der Waals surface area contributed by atoms with Crippen molar-refractivity contribution < 1.29 is 28.9 Å². The van der Waals surface area contributed by atoms with E-state index in [-0.39, 0.29) is 24.5 Å². The molecule has 1 amide bonds. The predicted molar refractivity (Wildman–Crippen MR) is 141 cm³/mol. The van der Waals surface area contributed by atoms with Crippen molar-refractivity contribution in [3.8, 4) is 11.5 Å². The molecule has 7 heteroatoms. The van der Waals surface area contributed by atoms with Crippen LogP contribution in [0.25, 0.3) is 5.76 Å². The van der Waals surface area contributed by atoms with Gasteiger partial charge in [-0.25, -0.2) is 0 Å². The lowest BCUT2D eigenvalue weighted by Crippen LogP contribution is -2.32. The van der Waals surface area contributed by atoms with Gasteiger partial charge in [-0.15, -0.1) is 0 Å². The molecule has 3 aromatic carbocycles. The lowest BCUT2D eigenvalue weighted by molar-refractivity contribution is -0.140. The van der Waals surface area contributed by atoms with Crippen molar-refractivity contribution in [2.24, 2.45) is 0 Å². The van der Waals surface area contributed by atoms with E-state index in [0.29, 0.717) is 29.2 Å². The smallest absolute Gasteiger partial charge is 0.295 e. The zero-order valence-corrected chi connectivity index (χ0v) is 21.5. The summed E-state index contributed by atoms with van der Waals surface area (Å²) in [6.45, 7) is 4.76. The minimum absolute atomic E-state index is 0.0407. The number of ether oxygens (including phenoxy) is 3. The molecule has 1 heterocycles. The van der Waals surface area contributed by atoms with Crippen LogP contribution in [-0.2, 0) is 20.9 Å². The lowest BCUT2D eigenvalue weighted by atomic mass is 9.94. The Balaban J connectivity index is 1.67. The van der Waals surface area contributed by atoms with Crippen LogP contribution in [0.15, 0.2) is 72.3 Å². The number of benzene rings is 3. The molecule has 0 spiro atoms. The van der Waals surface area contributed by atoms with Crippen LogP contribution in [-0.4, -0.2) is 49.1 Å². The van der Waals surface area contributed by atoms with Gasteiger partial charge in [-0.05, 0) is 60.9 Å². The number of carbonyl (C=O) groups excluding carboxylic acids is 2. The molecule has 1 aliphatic heterocycles. The Morgan fingerprint density at radius 1 is 0.946 bits per heavy atom. The number of Topliss-reactive ketones (excluding diaryl/α,β-unsaturated/α-hetero) is 1. The number of aliphatic hydroxyl groups excluding tert-OH is 1. The topological polar surface area (TPSA) is 85.3 Å². The average molecular weight is 502 g/mol. The van der Waals surface area contributed by atoms with E-state index in [1.54, 1.807) is 37.4 Å². The van der Waals surface area contributed by atoms with E-state index in [4.69, 9.17) is 14.2 Å². The zero-order chi connectivity index (χ0) is 26.5. The fraction of sp³-hybridized carbons (Fsp3) is 0.267. The van der Waals surface area contributed by atoms with Crippen molar-refractivity contribution in [2.75, 3.05) is 27.4 Å². The summed E-state index contributed by atoms with van der Waals surface area (Å²) in [5, 5.41) is 11.2. The van der Waals surface area contributed by atoms with Gasteiger partial charge in [-0.2, -0.15) is 0 Å². The van der Waals surface area contributed by atoms with Crippen LogP contribution in [0.5, 0.6) is 11.5 Å². The van der Waals surface area contributed by atoms with E-state index in [1.807, 2.05) is 50.2 Å². The number of methoxy groups -OCH3 is 2. The standard InChI is InChI=1S/C30H31NO6/c1-19-5-7-21(8-6-19)18-37-24-12-9-22(10-13-24)27-26(29(33)30(34)31(27)15-16-35-3)28(32)23-11-14-25(36-4)20(2)17-23/h5-14,17,27,32H,15-16,18H2,1-4H3/b28-26-.